The molecule has 0 aromatic heterocycles. The minimum absolute atomic E-state index is 0.0973. The van der Waals surface area contributed by atoms with Crippen LogP contribution in [0.3, 0.4) is 0 Å². The van der Waals surface area contributed by atoms with Crippen molar-refractivity contribution in [2.45, 2.75) is 26.9 Å². The molecule has 11 heavy (non-hydrogen) atoms. The Morgan fingerprint density at radius 1 is 1.36 bits per heavy atom. The smallest absolute Gasteiger partial charge is 0.213 e. The van der Waals surface area contributed by atoms with Gasteiger partial charge in [0.2, 0.25) is 8.32 Å². The van der Waals surface area contributed by atoms with E-state index in [4.69, 9.17) is 4.43 Å². The number of hydrogen-bond donors (Lipinski definition) is 0. The van der Waals surface area contributed by atoms with E-state index in [1.807, 2.05) is 6.92 Å². The van der Waals surface area contributed by atoms with Crippen LogP contribution in [-0.4, -0.2) is 21.2 Å². The average molecular weight is 172 g/mol. The highest BCUT2D eigenvalue weighted by molar-refractivity contribution is 6.78. The highest BCUT2D eigenvalue weighted by Gasteiger charge is 2.22. The SMILES string of the molecule is CO[Si](C)(C)/C(C)=C/C(C)=O. The third-order valence-electron chi connectivity index (χ3n) is 1.88. The third kappa shape index (κ3) is 3.48. The summed E-state index contributed by atoms with van der Waals surface area (Å²) >= 11 is 0. The van der Waals surface area contributed by atoms with Gasteiger partial charge in [0, 0.05) is 7.11 Å². The first kappa shape index (κ1) is 10.6. The summed E-state index contributed by atoms with van der Waals surface area (Å²) in [5.41, 5.74) is 0. The van der Waals surface area contributed by atoms with Crippen LogP contribution in [0.2, 0.25) is 13.1 Å². The van der Waals surface area contributed by atoms with E-state index < -0.39 is 8.32 Å². The maximum Gasteiger partial charge on any atom is 0.213 e. The van der Waals surface area contributed by atoms with Crippen LogP contribution in [0.1, 0.15) is 13.8 Å². The fraction of sp³-hybridized carbons (Fsp3) is 0.625. The van der Waals surface area contributed by atoms with Gasteiger partial charge in [-0.25, -0.2) is 0 Å². The molecule has 0 aromatic carbocycles. The molecule has 0 spiro atoms. The summed E-state index contributed by atoms with van der Waals surface area (Å²) in [4.78, 5) is 10.7. The van der Waals surface area contributed by atoms with Crippen LogP contribution in [0.25, 0.3) is 0 Å². The minimum atomic E-state index is -1.70. The predicted molar refractivity (Wildman–Crippen MR) is 48.9 cm³/mol. The van der Waals surface area contributed by atoms with Gasteiger partial charge in [-0.15, -0.1) is 0 Å². The Kier molecular flexibility index (Phi) is 3.69. The Morgan fingerprint density at radius 3 is 2.09 bits per heavy atom. The second-order valence-electron chi connectivity index (χ2n) is 3.15. The van der Waals surface area contributed by atoms with Gasteiger partial charge >= 0.3 is 0 Å². The van der Waals surface area contributed by atoms with E-state index in [2.05, 4.69) is 13.1 Å². The second-order valence-corrected chi connectivity index (χ2v) is 7.37. The highest BCUT2D eigenvalue weighted by Crippen LogP contribution is 2.13. The van der Waals surface area contributed by atoms with Crippen LogP contribution < -0.4 is 0 Å². The second kappa shape index (κ2) is 3.83. The molecule has 0 amide bonds. The lowest BCUT2D eigenvalue weighted by atomic mass is 10.4. The first-order valence-corrected chi connectivity index (χ1v) is 6.55. The number of carbonyl (C=O) groups is 1. The Bertz CT molecular complexity index is 183. The van der Waals surface area contributed by atoms with Gasteiger partial charge < -0.3 is 4.43 Å². The number of allylic oxidation sites excluding steroid dienone is 2. The van der Waals surface area contributed by atoms with Crippen molar-refractivity contribution in [2.24, 2.45) is 0 Å². The number of rotatable bonds is 3. The van der Waals surface area contributed by atoms with Gasteiger partial charge in [0.1, 0.15) is 0 Å². The molecule has 0 aliphatic rings. The first-order valence-electron chi connectivity index (χ1n) is 3.64. The van der Waals surface area contributed by atoms with Crippen molar-refractivity contribution in [3.8, 4) is 0 Å². The van der Waals surface area contributed by atoms with E-state index in [0.717, 1.165) is 5.20 Å². The quantitative estimate of drug-likeness (QED) is 0.480. The van der Waals surface area contributed by atoms with Gasteiger partial charge in [-0.2, -0.15) is 0 Å². The molecule has 0 bridgehead atoms. The third-order valence-corrected chi connectivity index (χ3v) is 4.94. The lowest BCUT2D eigenvalue weighted by Crippen LogP contribution is -2.31. The van der Waals surface area contributed by atoms with Gasteiger partial charge in [0.05, 0.1) is 0 Å². The van der Waals surface area contributed by atoms with Crippen molar-refractivity contribution in [2.75, 3.05) is 7.11 Å². The summed E-state index contributed by atoms with van der Waals surface area (Å²) in [6.07, 6.45) is 1.66. The summed E-state index contributed by atoms with van der Waals surface area (Å²) in [5, 5.41) is 1.09. The van der Waals surface area contributed by atoms with Crippen LogP contribution in [0.15, 0.2) is 11.3 Å². The molecule has 0 atom stereocenters. The summed E-state index contributed by atoms with van der Waals surface area (Å²) in [6, 6.07) is 0. The zero-order valence-corrected chi connectivity index (χ0v) is 8.89. The zero-order valence-electron chi connectivity index (χ0n) is 7.89. The molecular formula is C8H16O2Si. The van der Waals surface area contributed by atoms with Crippen molar-refractivity contribution in [1.82, 2.24) is 0 Å². The maximum absolute atomic E-state index is 10.7. The van der Waals surface area contributed by atoms with Crippen LogP contribution in [0, 0.1) is 0 Å². The molecule has 0 aromatic rings. The number of carbonyl (C=O) groups excluding carboxylic acids is 1. The molecule has 0 heterocycles. The maximum atomic E-state index is 10.7. The lowest BCUT2D eigenvalue weighted by molar-refractivity contribution is -0.112. The van der Waals surface area contributed by atoms with Crippen molar-refractivity contribution >= 4 is 14.1 Å². The predicted octanol–water partition coefficient (Wildman–Crippen LogP) is 1.91. The molecule has 3 heteroatoms. The minimum Gasteiger partial charge on any atom is -0.416 e. The molecule has 64 valence electrons. The van der Waals surface area contributed by atoms with E-state index in [0.29, 0.717) is 0 Å². The molecule has 0 aliphatic heterocycles. The molecule has 0 radical (unpaired) electrons. The molecule has 0 fully saturated rings. The number of ketones is 1. The molecule has 0 unspecified atom stereocenters. The molecule has 2 nitrogen and oxygen atoms in total. The Morgan fingerprint density at radius 2 is 1.82 bits per heavy atom. The first-order chi connectivity index (χ1) is 4.90. The largest absolute Gasteiger partial charge is 0.416 e. The van der Waals surface area contributed by atoms with E-state index in [1.54, 1.807) is 20.1 Å². The van der Waals surface area contributed by atoms with E-state index in [-0.39, 0.29) is 5.78 Å². The van der Waals surface area contributed by atoms with Gasteiger partial charge in [-0.1, -0.05) is 5.20 Å². The summed E-state index contributed by atoms with van der Waals surface area (Å²) in [7, 11) is -0.00506. The molecule has 0 rings (SSSR count). The van der Waals surface area contributed by atoms with E-state index in [9.17, 15) is 4.79 Å². The zero-order chi connectivity index (χ0) is 9.07. The average Bonchev–Trinajstić information content (AvgIpc) is 1.86. The van der Waals surface area contributed by atoms with E-state index in [1.165, 1.54) is 0 Å². The Hall–Kier alpha value is -0.413. The Balaban J connectivity index is 4.46. The van der Waals surface area contributed by atoms with Crippen molar-refractivity contribution in [1.29, 1.82) is 0 Å². The van der Waals surface area contributed by atoms with Crippen molar-refractivity contribution in [3.05, 3.63) is 11.3 Å². The molecular weight excluding hydrogens is 156 g/mol. The number of hydrogen-bond acceptors (Lipinski definition) is 2. The standard InChI is InChI=1S/C8H16O2Si/c1-7(9)6-8(2)11(4,5)10-3/h6H,1-5H3/b8-6+. The van der Waals surface area contributed by atoms with Crippen LogP contribution >= 0.6 is 0 Å². The topological polar surface area (TPSA) is 26.3 Å². The van der Waals surface area contributed by atoms with Crippen molar-refractivity contribution in [3.63, 3.8) is 0 Å². The Labute approximate surface area is 69.4 Å². The molecule has 0 saturated heterocycles. The highest BCUT2D eigenvalue weighted by atomic mass is 28.4. The molecule has 0 N–H and O–H groups in total. The summed E-state index contributed by atoms with van der Waals surface area (Å²) < 4.78 is 5.32. The summed E-state index contributed by atoms with van der Waals surface area (Å²) in [5.74, 6) is 0.0973. The van der Waals surface area contributed by atoms with Gasteiger partial charge in [0.15, 0.2) is 5.78 Å². The summed E-state index contributed by atoms with van der Waals surface area (Å²) in [6.45, 7) is 7.66. The fourth-order valence-electron chi connectivity index (χ4n) is 0.640. The monoisotopic (exact) mass is 172 g/mol. The van der Waals surface area contributed by atoms with Gasteiger partial charge in [0.25, 0.3) is 0 Å². The van der Waals surface area contributed by atoms with Crippen LogP contribution in [-0.2, 0) is 9.22 Å². The van der Waals surface area contributed by atoms with Crippen LogP contribution in [0.4, 0.5) is 0 Å². The molecule has 0 aliphatic carbocycles. The fourth-order valence-corrected chi connectivity index (χ4v) is 1.51. The van der Waals surface area contributed by atoms with E-state index >= 15 is 0 Å². The van der Waals surface area contributed by atoms with Crippen LogP contribution in [0.5, 0.6) is 0 Å². The normalized spacial score (nSPS) is 13.4. The van der Waals surface area contributed by atoms with Gasteiger partial charge in [-0.05, 0) is 33.0 Å². The van der Waals surface area contributed by atoms with Gasteiger partial charge in [-0.3, -0.25) is 4.79 Å². The van der Waals surface area contributed by atoms with Crippen molar-refractivity contribution < 1.29 is 9.22 Å². The molecule has 0 saturated carbocycles. The lowest BCUT2D eigenvalue weighted by Gasteiger charge is -2.20.